The van der Waals surface area contributed by atoms with E-state index in [0.29, 0.717) is 0 Å². The normalized spacial score (nSPS) is 11.3. The highest BCUT2D eigenvalue weighted by Gasteiger charge is 2.23. The highest BCUT2D eigenvalue weighted by molar-refractivity contribution is 6.12. The average Bonchev–Trinajstić information content (AvgIpc) is 3.69. The fraction of sp³-hybridized carbons (Fsp3) is 0. The Balaban J connectivity index is 1.26. The second-order valence-electron chi connectivity index (χ2n) is 13.8. The predicted octanol–water partition coefficient (Wildman–Crippen LogP) is 13.6. The molecule has 0 bridgehead atoms. The van der Waals surface area contributed by atoms with Gasteiger partial charge in [-0.15, -0.1) is 0 Å². The average molecular weight is 702 g/mol. The number of hydrogen-bond acceptors (Lipinski definition) is 2. The summed E-state index contributed by atoms with van der Waals surface area (Å²) in [6.07, 6.45) is 0. The van der Waals surface area contributed by atoms with E-state index < -0.39 is 0 Å². The Morgan fingerprint density at radius 3 is 1.40 bits per heavy atom. The number of hydrogen-bond donors (Lipinski definition) is 0. The molecule has 7 aromatic carbocycles. The maximum Gasteiger partial charge on any atom is 0.101 e. The maximum absolute atomic E-state index is 5.43. The van der Waals surface area contributed by atoms with Crippen molar-refractivity contribution in [2.75, 3.05) is 0 Å². The quantitative estimate of drug-likeness (QED) is 0.166. The Morgan fingerprint density at radius 1 is 0.327 bits per heavy atom. The van der Waals surface area contributed by atoms with Crippen molar-refractivity contribution in [2.24, 2.45) is 0 Å². The molecule has 0 fully saturated rings. The third-order valence-electron chi connectivity index (χ3n) is 10.4. The van der Waals surface area contributed by atoms with Crippen molar-refractivity contribution >= 4 is 16.3 Å². The molecule has 0 unspecified atom stereocenters. The molecule has 0 aliphatic rings. The highest BCUT2D eigenvalue weighted by Crippen LogP contribution is 2.43. The van der Waals surface area contributed by atoms with E-state index in [1.54, 1.807) is 0 Å². The van der Waals surface area contributed by atoms with Crippen molar-refractivity contribution in [3.05, 3.63) is 212 Å². The summed E-state index contributed by atoms with van der Waals surface area (Å²) in [5.41, 5.74) is 16.1. The molecule has 3 nitrogen and oxygen atoms in total. The molecule has 0 aliphatic heterocycles. The zero-order valence-electron chi connectivity index (χ0n) is 30.0. The van der Waals surface area contributed by atoms with Gasteiger partial charge in [0, 0.05) is 33.2 Å². The Morgan fingerprint density at radius 2 is 0.800 bits per heavy atom. The van der Waals surface area contributed by atoms with E-state index in [4.69, 9.17) is 10.1 Å². The van der Waals surface area contributed by atoms with Gasteiger partial charge in [-0.25, -0.2) is 9.50 Å². The summed E-state index contributed by atoms with van der Waals surface area (Å²) < 4.78 is 2.16. The standard InChI is InChI=1S/C52H35N3/c1-6-17-36(18-7-1)37-29-31-39(32-30-37)48-34-43(33-47(53-48)38-19-8-2-9-20-38)44-27-16-28-45-46(44)35-49(40-21-10-3-11-22-40)55-52(45)50(41-23-12-4-13-24-41)51(54-55)42-25-14-5-15-26-42/h1-35H. The molecule has 0 radical (unpaired) electrons. The Labute approximate surface area is 320 Å². The molecule has 258 valence electrons. The lowest BCUT2D eigenvalue weighted by Gasteiger charge is -2.15. The molecule has 0 aliphatic carbocycles. The van der Waals surface area contributed by atoms with Crippen LogP contribution in [0.25, 0.3) is 94.7 Å². The van der Waals surface area contributed by atoms with Gasteiger partial charge in [-0.2, -0.15) is 5.10 Å². The summed E-state index contributed by atoms with van der Waals surface area (Å²) in [6, 6.07) is 75.0. The van der Waals surface area contributed by atoms with Crippen LogP contribution in [0.4, 0.5) is 0 Å². The Hall–Kier alpha value is -7.36. The van der Waals surface area contributed by atoms with Gasteiger partial charge in [0.15, 0.2) is 0 Å². The van der Waals surface area contributed by atoms with Crippen LogP contribution in [0.5, 0.6) is 0 Å². The van der Waals surface area contributed by atoms with E-state index in [1.807, 2.05) is 0 Å². The number of nitrogens with zero attached hydrogens (tertiary/aromatic N) is 3. The van der Waals surface area contributed by atoms with Crippen LogP contribution in [0.2, 0.25) is 0 Å². The monoisotopic (exact) mass is 701 g/mol. The molecule has 0 amide bonds. The molecule has 0 saturated carbocycles. The predicted molar refractivity (Wildman–Crippen MR) is 229 cm³/mol. The SMILES string of the molecule is c1ccc(-c2ccc(-c3cc(-c4cccc5c4cc(-c4ccccc4)n4nc(-c6ccccc6)c(-c6ccccc6)c54)cc(-c4ccccc4)n3)cc2)cc1. The lowest BCUT2D eigenvalue weighted by atomic mass is 9.92. The summed E-state index contributed by atoms with van der Waals surface area (Å²) in [6.45, 7) is 0. The molecular formula is C52H35N3. The molecule has 10 rings (SSSR count). The lowest BCUT2D eigenvalue weighted by Crippen LogP contribution is -1.97. The second kappa shape index (κ2) is 13.9. The maximum atomic E-state index is 5.43. The molecule has 0 atom stereocenters. The number of pyridine rings is 2. The minimum absolute atomic E-state index is 0.929. The molecule has 3 heteroatoms. The molecule has 55 heavy (non-hydrogen) atoms. The summed E-state index contributed by atoms with van der Waals surface area (Å²) in [5.74, 6) is 0. The van der Waals surface area contributed by atoms with Crippen LogP contribution in [0.1, 0.15) is 0 Å². The molecule has 10 aromatic rings. The summed E-state index contributed by atoms with van der Waals surface area (Å²) >= 11 is 0. The molecule has 0 N–H and O–H groups in total. The highest BCUT2D eigenvalue weighted by atomic mass is 15.2. The first-order valence-electron chi connectivity index (χ1n) is 18.7. The topological polar surface area (TPSA) is 30.2 Å². The van der Waals surface area contributed by atoms with Crippen molar-refractivity contribution in [1.82, 2.24) is 14.6 Å². The van der Waals surface area contributed by atoms with Crippen molar-refractivity contribution in [1.29, 1.82) is 0 Å². The van der Waals surface area contributed by atoms with Crippen LogP contribution < -0.4 is 0 Å². The zero-order valence-corrected chi connectivity index (χ0v) is 30.0. The molecule has 0 spiro atoms. The van der Waals surface area contributed by atoms with Crippen LogP contribution in [0.15, 0.2) is 212 Å². The van der Waals surface area contributed by atoms with Crippen LogP contribution in [0.3, 0.4) is 0 Å². The van der Waals surface area contributed by atoms with E-state index in [2.05, 4.69) is 217 Å². The zero-order chi connectivity index (χ0) is 36.6. The third kappa shape index (κ3) is 5.98. The first-order valence-corrected chi connectivity index (χ1v) is 18.7. The van der Waals surface area contributed by atoms with Crippen LogP contribution in [0, 0.1) is 0 Å². The van der Waals surface area contributed by atoms with Gasteiger partial charge < -0.3 is 0 Å². The molecule has 0 saturated heterocycles. The van der Waals surface area contributed by atoms with E-state index >= 15 is 0 Å². The van der Waals surface area contributed by atoms with E-state index in [0.717, 1.165) is 83.6 Å². The van der Waals surface area contributed by atoms with Crippen molar-refractivity contribution in [3.63, 3.8) is 0 Å². The van der Waals surface area contributed by atoms with Gasteiger partial charge in [-0.1, -0.05) is 194 Å². The van der Waals surface area contributed by atoms with Crippen molar-refractivity contribution < 1.29 is 0 Å². The Kier molecular flexibility index (Phi) is 8.16. The van der Waals surface area contributed by atoms with E-state index in [9.17, 15) is 0 Å². The second-order valence-corrected chi connectivity index (χ2v) is 13.8. The van der Waals surface area contributed by atoms with Crippen LogP contribution >= 0.6 is 0 Å². The Bertz CT molecular complexity index is 2920. The largest absolute Gasteiger partial charge is 0.248 e. The van der Waals surface area contributed by atoms with Crippen LogP contribution in [-0.2, 0) is 0 Å². The van der Waals surface area contributed by atoms with Gasteiger partial charge in [-0.05, 0) is 51.4 Å². The van der Waals surface area contributed by atoms with Crippen molar-refractivity contribution in [3.8, 4) is 78.4 Å². The molecule has 3 aromatic heterocycles. The fourth-order valence-corrected chi connectivity index (χ4v) is 7.76. The first-order chi connectivity index (χ1) is 27.3. The van der Waals surface area contributed by atoms with Gasteiger partial charge in [-0.3, -0.25) is 0 Å². The van der Waals surface area contributed by atoms with Gasteiger partial charge >= 0.3 is 0 Å². The third-order valence-corrected chi connectivity index (χ3v) is 10.4. The molecular weight excluding hydrogens is 667 g/mol. The number of rotatable bonds is 7. The summed E-state index contributed by atoms with van der Waals surface area (Å²) in [5, 5.41) is 7.72. The summed E-state index contributed by atoms with van der Waals surface area (Å²) in [4.78, 5) is 5.27. The summed E-state index contributed by atoms with van der Waals surface area (Å²) in [7, 11) is 0. The van der Waals surface area contributed by atoms with Gasteiger partial charge in [0.05, 0.1) is 22.6 Å². The minimum Gasteiger partial charge on any atom is -0.248 e. The fourth-order valence-electron chi connectivity index (χ4n) is 7.76. The number of aromatic nitrogens is 3. The van der Waals surface area contributed by atoms with Gasteiger partial charge in [0.1, 0.15) is 5.69 Å². The van der Waals surface area contributed by atoms with E-state index in [1.165, 1.54) is 11.1 Å². The lowest BCUT2D eigenvalue weighted by molar-refractivity contribution is 0.979. The smallest absolute Gasteiger partial charge is 0.101 e. The molecule has 3 heterocycles. The van der Waals surface area contributed by atoms with Crippen molar-refractivity contribution in [2.45, 2.75) is 0 Å². The van der Waals surface area contributed by atoms with E-state index in [-0.39, 0.29) is 0 Å². The first kappa shape index (κ1) is 32.3. The van der Waals surface area contributed by atoms with Gasteiger partial charge in [0.25, 0.3) is 0 Å². The number of fused-ring (bicyclic) bond motifs is 3. The minimum atomic E-state index is 0.929. The number of benzene rings is 7. The van der Waals surface area contributed by atoms with Crippen LogP contribution in [-0.4, -0.2) is 14.6 Å². The van der Waals surface area contributed by atoms with Gasteiger partial charge in [0.2, 0.25) is 0 Å².